The van der Waals surface area contributed by atoms with Crippen molar-refractivity contribution in [1.29, 1.82) is 0 Å². The van der Waals surface area contributed by atoms with Crippen LogP contribution in [-0.4, -0.2) is 21.9 Å². The molecule has 0 aliphatic carbocycles. The molecule has 0 spiro atoms. The lowest BCUT2D eigenvalue weighted by Gasteiger charge is -2.22. The number of hydrogen-bond acceptors (Lipinski definition) is 1. The smallest absolute Gasteiger partial charge is 0.254 e. The van der Waals surface area contributed by atoms with Crippen LogP contribution in [0.4, 0.5) is 0 Å². The number of amides is 1. The largest absolute Gasteiger partial charge is 0.353 e. The fourth-order valence-electron chi connectivity index (χ4n) is 2.04. The van der Waals surface area contributed by atoms with Crippen LogP contribution in [0.5, 0.6) is 0 Å². The summed E-state index contributed by atoms with van der Waals surface area (Å²) in [7, 11) is 1.95. The highest BCUT2D eigenvalue weighted by molar-refractivity contribution is 6.42. The van der Waals surface area contributed by atoms with E-state index in [2.05, 4.69) is 6.58 Å². The molecule has 0 radical (unpaired) electrons. The standard InChI is InChI=1S/C16H16Cl2N2O/c1-3-8-20(11-13-5-4-9-19(13)2)16(21)12-6-7-14(17)15(18)10-12/h3-7,9-10H,1,8,11H2,2H3. The van der Waals surface area contributed by atoms with Gasteiger partial charge in [0.15, 0.2) is 0 Å². The van der Waals surface area contributed by atoms with Gasteiger partial charge in [0, 0.05) is 31.0 Å². The lowest BCUT2D eigenvalue weighted by molar-refractivity contribution is 0.0759. The molecular formula is C16H16Cl2N2O. The second kappa shape index (κ2) is 6.83. The zero-order valence-corrected chi connectivity index (χ0v) is 13.2. The monoisotopic (exact) mass is 322 g/mol. The maximum absolute atomic E-state index is 12.6. The highest BCUT2D eigenvalue weighted by Gasteiger charge is 2.17. The lowest BCUT2D eigenvalue weighted by atomic mass is 10.2. The summed E-state index contributed by atoms with van der Waals surface area (Å²) in [6, 6.07) is 8.83. The molecule has 0 fully saturated rings. The second-order valence-corrected chi connectivity index (χ2v) is 5.53. The van der Waals surface area contributed by atoms with Crippen LogP contribution in [0.25, 0.3) is 0 Å². The van der Waals surface area contributed by atoms with Crippen LogP contribution in [0.3, 0.4) is 0 Å². The summed E-state index contributed by atoms with van der Waals surface area (Å²) in [6.45, 7) is 4.68. The number of aryl methyl sites for hydroxylation is 1. The maximum Gasteiger partial charge on any atom is 0.254 e. The zero-order valence-electron chi connectivity index (χ0n) is 11.7. The molecule has 0 N–H and O–H groups in total. The van der Waals surface area contributed by atoms with E-state index in [4.69, 9.17) is 23.2 Å². The van der Waals surface area contributed by atoms with Crippen molar-refractivity contribution in [2.75, 3.05) is 6.54 Å². The Morgan fingerprint density at radius 2 is 2.10 bits per heavy atom. The van der Waals surface area contributed by atoms with Crippen molar-refractivity contribution in [1.82, 2.24) is 9.47 Å². The summed E-state index contributed by atoms with van der Waals surface area (Å²) in [5.74, 6) is -0.102. The van der Waals surface area contributed by atoms with Crippen LogP contribution in [0, 0.1) is 0 Å². The minimum absolute atomic E-state index is 0.102. The van der Waals surface area contributed by atoms with E-state index >= 15 is 0 Å². The van der Waals surface area contributed by atoms with E-state index in [9.17, 15) is 4.79 Å². The summed E-state index contributed by atoms with van der Waals surface area (Å²) in [5, 5.41) is 0.811. The predicted molar refractivity (Wildman–Crippen MR) is 86.8 cm³/mol. The SMILES string of the molecule is C=CCN(Cc1cccn1C)C(=O)c1ccc(Cl)c(Cl)c1. The zero-order chi connectivity index (χ0) is 15.4. The molecule has 0 bridgehead atoms. The summed E-state index contributed by atoms with van der Waals surface area (Å²) in [4.78, 5) is 14.3. The Balaban J connectivity index is 2.24. The molecule has 0 aliphatic heterocycles. The van der Waals surface area contributed by atoms with Gasteiger partial charge < -0.3 is 9.47 Å². The van der Waals surface area contributed by atoms with E-state index in [1.165, 1.54) is 0 Å². The average molecular weight is 323 g/mol. The van der Waals surface area contributed by atoms with E-state index in [0.717, 1.165) is 5.69 Å². The molecule has 1 aromatic carbocycles. The van der Waals surface area contributed by atoms with Gasteiger partial charge >= 0.3 is 0 Å². The molecule has 5 heteroatoms. The molecule has 110 valence electrons. The first-order chi connectivity index (χ1) is 10.0. The van der Waals surface area contributed by atoms with Gasteiger partial charge in [0.2, 0.25) is 0 Å². The molecule has 0 saturated carbocycles. The Kier molecular flexibility index (Phi) is 5.10. The third kappa shape index (κ3) is 3.69. The van der Waals surface area contributed by atoms with Crippen LogP contribution in [-0.2, 0) is 13.6 Å². The lowest BCUT2D eigenvalue weighted by Crippen LogP contribution is -2.31. The molecule has 1 heterocycles. The van der Waals surface area contributed by atoms with Crippen LogP contribution in [0.1, 0.15) is 16.1 Å². The van der Waals surface area contributed by atoms with Crippen molar-refractivity contribution < 1.29 is 4.79 Å². The van der Waals surface area contributed by atoms with E-state index in [1.54, 1.807) is 29.2 Å². The molecule has 0 atom stereocenters. The molecule has 1 aromatic heterocycles. The van der Waals surface area contributed by atoms with Crippen molar-refractivity contribution in [3.63, 3.8) is 0 Å². The van der Waals surface area contributed by atoms with Gasteiger partial charge in [-0.1, -0.05) is 29.3 Å². The number of carbonyl (C=O) groups is 1. The summed E-state index contributed by atoms with van der Waals surface area (Å²) in [5.41, 5.74) is 1.56. The van der Waals surface area contributed by atoms with Crippen LogP contribution in [0.15, 0.2) is 49.2 Å². The molecule has 0 unspecified atom stereocenters. The normalized spacial score (nSPS) is 10.4. The Morgan fingerprint density at radius 3 is 2.67 bits per heavy atom. The van der Waals surface area contributed by atoms with E-state index < -0.39 is 0 Å². The van der Waals surface area contributed by atoms with Crippen molar-refractivity contribution in [2.45, 2.75) is 6.54 Å². The first-order valence-electron chi connectivity index (χ1n) is 6.48. The maximum atomic E-state index is 12.6. The molecule has 3 nitrogen and oxygen atoms in total. The molecule has 0 aliphatic rings. The number of halogens is 2. The topological polar surface area (TPSA) is 25.2 Å². The highest BCUT2D eigenvalue weighted by Crippen LogP contribution is 2.23. The second-order valence-electron chi connectivity index (χ2n) is 4.71. The fourth-order valence-corrected chi connectivity index (χ4v) is 2.34. The van der Waals surface area contributed by atoms with Gasteiger partial charge in [0.05, 0.1) is 16.6 Å². The van der Waals surface area contributed by atoms with Crippen LogP contribution < -0.4 is 0 Å². The van der Waals surface area contributed by atoms with Gasteiger partial charge in [-0.25, -0.2) is 0 Å². The third-order valence-electron chi connectivity index (χ3n) is 3.21. The van der Waals surface area contributed by atoms with Crippen molar-refractivity contribution in [3.8, 4) is 0 Å². The predicted octanol–water partition coefficient (Wildman–Crippen LogP) is 4.16. The molecule has 0 saturated heterocycles. The van der Waals surface area contributed by atoms with Gasteiger partial charge in [-0.05, 0) is 30.3 Å². The Labute approximate surface area is 134 Å². The van der Waals surface area contributed by atoms with Gasteiger partial charge in [-0.3, -0.25) is 4.79 Å². The first kappa shape index (κ1) is 15.7. The van der Waals surface area contributed by atoms with E-state index in [1.807, 2.05) is 29.9 Å². The summed E-state index contributed by atoms with van der Waals surface area (Å²) in [6.07, 6.45) is 3.66. The molecule has 2 rings (SSSR count). The molecular weight excluding hydrogens is 307 g/mol. The Morgan fingerprint density at radius 1 is 1.33 bits per heavy atom. The third-order valence-corrected chi connectivity index (χ3v) is 3.95. The average Bonchev–Trinajstić information content (AvgIpc) is 2.86. The first-order valence-corrected chi connectivity index (χ1v) is 7.24. The number of nitrogens with zero attached hydrogens (tertiary/aromatic N) is 2. The number of rotatable bonds is 5. The number of aromatic nitrogens is 1. The van der Waals surface area contributed by atoms with Crippen molar-refractivity contribution in [3.05, 3.63) is 70.5 Å². The number of hydrogen-bond donors (Lipinski definition) is 0. The van der Waals surface area contributed by atoms with Crippen molar-refractivity contribution >= 4 is 29.1 Å². The van der Waals surface area contributed by atoms with E-state index in [-0.39, 0.29) is 5.91 Å². The van der Waals surface area contributed by atoms with Crippen molar-refractivity contribution in [2.24, 2.45) is 7.05 Å². The van der Waals surface area contributed by atoms with E-state index in [0.29, 0.717) is 28.7 Å². The highest BCUT2D eigenvalue weighted by atomic mass is 35.5. The molecule has 2 aromatic rings. The molecule has 21 heavy (non-hydrogen) atoms. The number of benzene rings is 1. The quantitative estimate of drug-likeness (QED) is 0.759. The van der Waals surface area contributed by atoms with Crippen LogP contribution in [0.2, 0.25) is 10.0 Å². The minimum atomic E-state index is -0.102. The Hall–Kier alpha value is -1.71. The van der Waals surface area contributed by atoms with Gasteiger partial charge in [0.1, 0.15) is 0 Å². The summed E-state index contributed by atoms with van der Waals surface area (Å²) < 4.78 is 1.98. The number of carbonyl (C=O) groups excluding carboxylic acids is 1. The van der Waals surface area contributed by atoms with Gasteiger partial charge in [0.25, 0.3) is 5.91 Å². The van der Waals surface area contributed by atoms with Gasteiger partial charge in [-0.15, -0.1) is 6.58 Å². The minimum Gasteiger partial charge on any atom is -0.353 e. The Bertz CT molecular complexity index is 664. The summed E-state index contributed by atoms with van der Waals surface area (Å²) >= 11 is 11.9. The fraction of sp³-hybridized carbons (Fsp3) is 0.188. The van der Waals surface area contributed by atoms with Gasteiger partial charge in [-0.2, -0.15) is 0 Å². The molecule has 1 amide bonds. The van der Waals surface area contributed by atoms with Crippen LogP contribution >= 0.6 is 23.2 Å².